The van der Waals surface area contributed by atoms with Crippen molar-refractivity contribution in [1.29, 1.82) is 0 Å². The van der Waals surface area contributed by atoms with Gasteiger partial charge < -0.3 is 9.47 Å². The van der Waals surface area contributed by atoms with Crippen LogP contribution in [0.4, 0.5) is 0 Å². The Balaban J connectivity index is 1.56. The van der Waals surface area contributed by atoms with Gasteiger partial charge in [-0.3, -0.25) is 14.6 Å². The smallest absolute Gasteiger partial charge is 0.239 e. The van der Waals surface area contributed by atoms with Crippen LogP contribution in [0.1, 0.15) is 25.1 Å². The molecule has 2 aliphatic heterocycles. The van der Waals surface area contributed by atoms with Crippen molar-refractivity contribution < 1.29 is 4.79 Å². The first-order chi connectivity index (χ1) is 11.1. The Bertz CT molecular complexity index is 561. The molecule has 6 nitrogen and oxygen atoms in total. The SMILES string of the molecule is CN1CCC[C@@H]1C(=O)N1CCCN(Cc2ncc(Cl)n2C)CC1. The molecule has 1 aromatic rings. The molecule has 2 aliphatic rings. The molecule has 3 heterocycles. The highest BCUT2D eigenvalue weighted by Gasteiger charge is 2.32. The zero-order valence-corrected chi connectivity index (χ0v) is 14.8. The standard InChI is InChI=1S/C16H26ClN5O/c1-19-6-3-5-13(19)16(23)22-8-4-7-21(9-10-22)12-15-18-11-14(17)20(15)2/h11,13H,3-10,12H2,1-2H3/t13-/m1/s1. The number of hydrogen-bond donors (Lipinski definition) is 0. The zero-order valence-electron chi connectivity index (χ0n) is 14.0. The first-order valence-corrected chi connectivity index (χ1v) is 8.81. The molecular formula is C16H26ClN5O. The first kappa shape index (κ1) is 16.7. The van der Waals surface area contributed by atoms with E-state index in [1.165, 1.54) is 0 Å². The molecule has 1 amide bonds. The molecule has 0 radical (unpaired) electrons. The summed E-state index contributed by atoms with van der Waals surface area (Å²) in [6.07, 6.45) is 4.84. The van der Waals surface area contributed by atoms with Crippen LogP contribution in [-0.4, -0.2) is 76.0 Å². The van der Waals surface area contributed by atoms with Gasteiger partial charge in [-0.1, -0.05) is 11.6 Å². The van der Waals surface area contributed by atoms with Gasteiger partial charge in [-0.05, 0) is 32.9 Å². The van der Waals surface area contributed by atoms with Crippen molar-refractivity contribution in [2.24, 2.45) is 7.05 Å². The fourth-order valence-electron chi connectivity index (χ4n) is 3.55. The number of rotatable bonds is 3. The van der Waals surface area contributed by atoms with Gasteiger partial charge in [0.25, 0.3) is 0 Å². The number of aromatic nitrogens is 2. The lowest BCUT2D eigenvalue weighted by atomic mass is 10.2. The Kier molecular flexibility index (Phi) is 5.24. The highest BCUT2D eigenvalue weighted by atomic mass is 35.5. The maximum absolute atomic E-state index is 12.7. The summed E-state index contributed by atoms with van der Waals surface area (Å²) in [7, 11) is 4.00. The molecule has 0 unspecified atom stereocenters. The predicted octanol–water partition coefficient (Wildman–Crippen LogP) is 1.20. The number of likely N-dealkylation sites (N-methyl/N-ethyl adjacent to an activating group) is 1. The fraction of sp³-hybridized carbons (Fsp3) is 0.750. The van der Waals surface area contributed by atoms with Crippen LogP contribution >= 0.6 is 11.6 Å². The van der Waals surface area contributed by atoms with Crippen LogP contribution in [0.15, 0.2) is 6.20 Å². The van der Waals surface area contributed by atoms with Crippen LogP contribution in [0.3, 0.4) is 0 Å². The quantitative estimate of drug-likeness (QED) is 0.830. The Morgan fingerprint density at radius 1 is 1.22 bits per heavy atom. The Hall–Kier alpha value is -1.11. The van der Waals surface area contributed by atoms with Crippen molar-refractivity contribution in [1.82, 2.24) is 24.3 Å². The minimum Gasteiger partial charge on any atom is -0.340 e. The van der Waals surface area contributed by atoms with E-state index in [4.69, 9.17) is 11.6 Å². The van der Waals surface area contributed by atoms with Crippen molar-refractivity contribution in [3.8, 4) is 0 Å². The number of carbonyl (C=O) groups excluding carboxylic acids is 1. The maximum Gasteiger partial charge on any atom is 0.239 e. The Labute approximate surface area is 143 Å². The summed E-state index contributed by atoms with van der Waals surface area (Å²) in [4.78, 5) is 23.7. The lowest BCUT2D eigenvalue weighted by molar-refractivity contribution is -0.135. The highest BCUT2D eigenvalue weighted by Crippen LogP contribution is 2.19. The molecule has 2 saturated heterocycles. The molecule has 1 aromatic heterocycles. The number of carbonyl (C=O) groups is 1. The van der Waals surface area contributed by atoms with Crippen LogP contribution in [0.5, 0.6) is 0 Å². The normalized spacial score (nSPS) is 24.1. The van der Waals surface area contributed by atoms with Gasteiger partial charge in [0, 0.05) is 33.2 Å². The minimum atomic E-state index is 0.0925. The maximum atomic E-state index is 12.7. The Morgan fingerprint density at radius 2 is 2.04 bits per heavy atom. The summed E-state index contributed by atoms with van der Waals surface area (Å²) in [5.74, 6) is 1.29. The molecule has 0 N–H and O–H groups in total. The molecule has 0 aromatic carbocycles. The van der Waals surface area contributed by atoms with E-state index in [1.54, 1.807) is 6.20 Å². The lowest BCUT2D eigenvalue weighted by Gasteiger charge is -2.27. The zero-order chi connectivity index (χ0) is 16.4. The van der Waals surface area contributed by atoms with E-state index in [0.717, 1.165) is 64.4 Å². The van der Waals surface area contributed by atoms with E-state index in [1.807, 2.05) is 11.6 Å². The van der Waals surface area contributed by atoms with Crippen LogP contribution in [0, 0.1) is 0 Å². The van der Waals surface area contributed by atoms with Crippen molar-refractivity contribution in [3.63, 3.8) is 0 Å². The topological polar surface area (TPSA) is 44.6 Å². The summed E-state index contributed by atoms with van der Waals surface area (Å²) >= 11 is 6.05. The molecule has 0 spiro atoms. The van der Waals surface area contributed by atoms with Gasteiger partial charge in [0.1, 0.15) is 11.0 Å². The summed E-state index contributed by atoms with van der Waals surface area (Å²) in [5.41, 5.74) is 0. The van der Waals surface area contributed by atoms with Gasteiger partial charge in [-0.15, -0.1) is 0 Å². The van der Waals surface area contributed by atoms with Crippen LogP contribution in [0.2, 0.25) is 5.15 Å². The van der Waals surface area contributed by atoms with Crippen molar-refractivity contribution >= 4 is 17.5 Å². The average molecular weight is 340 g/mol. The number of likely N-dealkylation sites (tertiary alicyclic amines) is 1. The summed E-state index contributed by atoms with van der Waals surface area (Å²) in [5, 5.41) is 0.663. The first-order valence-electron chi connectivity index (χ1n) is 8.43. The molecular weight excluding hydrogens is 314 g/mol. The molecule has 23 heavy (non-hydrogen) atoms. The molecule has 0 saturated carbocycles. The molecule has 128 valence electrons. The largest absolute Gasteiger partial charge is 0.340 e. The number of amides is 1. The van der Waals surface area contributed by atoms with Crippen LogP contribution < -0.4 is 0 Å². The van der Waals surface area contributed by atoms with E-state index in [2.05, 4.69) is 26.7 Å². The van der Waals surface area contributed by atoms with Crippen molar-refractivity contribution in [3.05, 3.63) is 17.2 Å². The van der Waals surface area contributed by atoms with Crippen LogP contribution in [0.25, 0.3) is 0 Å². The number of halogens is 1. The van der Waals surface area contributed by atoms with Gasteiger partial charge in [0.2, 0.25) is 5.91 Å². The van der Waals surface area contributed by atoms with Crippen LogP contribution in [-0.2, 0) is 18.4 Å². The third kappa shape index (κ3) is 3.70. The summed E-state index contributed by atoms with van der Waals surface area (Å²) in [6.45, 7) is 5.38. The third-order valence-corrected chi connectivity index (χ3v) is 5.45. The molecule has 0 bridgehead atoms. The van der Waals surface area contributed by atoms with Gasteiger partial charge in [-0.25, -0.2) is 4.98 Å². The fourth-order valence-corrected chi connectivity index (χ4v) is 3.70. The number of nitrogens with zero attached hydrogens (tertiary/aromatic N) is 5. The van der Waals surface area contributed by atoms with Gasteiger partial charge in [0.05, 0.1) is 18.8 Å². The highest BCUT2D eigenvalue weighted by molar-refractivity contribution is 6.29. The van der Waals surface area contributed by atoms with Crippen molar-refractivity contribution in [2.45, 2.75) is 31.8 Å². The van der Waals surface area contributed by atoms with Gasteiger partial charge in [0.15, 0.2) is 0 Å². The van der Waals surface area contributed by atoms with E-state index < -0.39 is 0 Å². The minimum absolute atomic E-state index is 0.0925. The lowest BCUT2D eigenvalue weighted by Crippen LogP contribution is -2.45. The molecule has 1 atom stereocenters. The summed E-state index contributed by atoms with van der Waals surface area (Å²) in [6, 6.07) is 0.0925. The van der Waals surface area contributed by atoms with E-state index in [0.29, 0.717) is 11.1 Å². The van der Waals surface area contributed by atoms with E-state index in [-0.39, 0.29) is 6.04 Å². The monoisotopic (exact) mass is 339 g/mol. The molecule has 3 rings (SSSR count). The second-order valence-electron chi connectivity index (χ2n) is 6.65. The molecule has 0 aliphatic carbocycles. The summed E-state index contributed by atoms with van der Waals surface area (Å²) < 4.78 is 1.92. The Morgan fingerprint density at radius 3 is 2.70 bits per heavy atom. The van der Waals surface area contributed by atoms with E-state index >= 15 is 0 Å². The third-order valence-electron chi connectivity index (χ3n) is 5.10. The van der Waals surface area contributed by atoms with Crippen molar-refractivity contribution in [2.75, 3.05) is 39.8 Å². The number of imidazole rings is 1. The second kappa shape index (κ2) is 7.20. The number of hydrogen-bond acceptors (Lipinski definition) is 4. The molecule has 2 fully saturated rings. The van der Waals surface area contributed by atoms with E-state index in [9.17, 15) is 4.79 Å². The molecule has 7 heteroatoms. The van der Waals surface area contributed by atoms with Gasteiger partial charge in [-0.2, -0.15) is 0 Å². The predicted molar refractivity (Wildman–Crippen MR) is 90.3 cm³/mol. The van der Waals surface area contributed by atoms with Gasteiger partial charge >= 0.3 is 0 Å². The average Bonchev–Trinajstić information content (AvgIpc) is 3.00. The second-order valence-corrected chi connectivity index (χ2v) is 7.04.